The molecule has 0 spiro atoms. The number of hydrogen-bond donors (Lipinski definition) is 1. The van der Waals surface area contributed by atoms with E-state index in [2.05, 4.69) is 10.4 Å². The third-order valence-electron chi connectivity index (χ3n) is 4.06. The summed E-state index contributed by atoms with van der Waals surface area (Å²) in [6.45, 7) is 2.49. The highest BCUT2D eigenvalue weighted by Crippen LogP contribution is 2.34. The number of amides is 1. The Bertz CT molecular complexity index is 981. The van der Waals surface area contributed by atoms with Gasteiger partial charge in [-0.2, -0.15) is 18.3 Å². The molecule has 8 heteroatoms. The molecule has 1 amide bonds. The van der Waals surface area contributed by atoms with Crippen molar-refractivity contribution in [3.05, 3.63) is 70.9 Å². The maximum Gasteiger partial charge on any atom is 0.435 e. The first-order chi connectivity index (χ1) is 13.3. The Hall–Kier alpha value is -2.80. The Morgan fingerprint density at radius 3 is 2.43 bits per heavy atom. The van der Waals surface area contributed by atoms with Crippen molar-refractivity contribution in [2.24, 2.45) is 0 Å². The van der Waals surface area contributed by atoms with E-state index in [1.807, 2.05) is 6.92 Å². The summed E-state index contributed by atoms with van der Waals surface area (Å²) in [5, 5.41) is 6.74. The minimum Gasteiger partial charge on any atom is -0.352 e. The Balaban J connectivity index is 2.05. The lowest BCUT2D eigenvalue weighted by molar-refractivity contribution is -0.141. The molecule has 3 rings (SSSR count). The number of alkyl halides is 3. The Kier molecular flexibility index (Phi) is 5.74. The van der Waals surface area contributed by atoms with E-state index in [1.54, 1.807) is 48.5 Å². The highest BCUT2D eigenvalue weighted by atomic mass is 35.5. The number of carbonyl (C=O) groups excluding carboxylic acids is 1. The molecule has 146 valence electrons. The van der Waals surface area contributed by atoms with Gasteiger partial charge in [-0.15, -0.1) is 0 Å². The molecular formula is C20H17ClF3N3O. The second-order valence-corrected chi connectivity index (χ2v) is 6.52. The van der Waals surface area contributed by atoms with Gasteiger partial charge in [0.15, 0.2) is 5.69 Å². The first kappa shape index (κ1) is 19.9. The van der Waals surface area contributed by atoms with Crippen LogP contribution in [0.25, 0.3) is 16.9 Å². The molecule has 0 saturated carbocycles. The average Bonchev–Trinajstić information content (AvgIpc) is 3.12. The molecule has 3 aromatic rings. The smallest absolute Gasteiger partial charge is 0.352 e. The van der Waals surface area contributed by atoms with Crippen LogP contribution < -0.4 is 5.32 Å². The van der Waals surface area contributed by atoms with E-state index >= 15 is 0 Å². The van der Waals surface area contributed by atoms with E-state index in [9.17, 15) is 18.0 Å². The molecule has 0 radical (unpaired) electrons. The Morgan fingerprint density at radius 2 is 1.82 bits per heavy atom. The van der Waals surface area contributed by atoms with Crippen LogP contribution in [-0.2, 0) is 6.18 Å². The molecule has 0 atom stereocenters. The standard InChI is InChI=1S/C20H17ClF3N3O/c1-2-11-25-19(28)14-9-7-13(8-10-14)17-12-18(20(22,23)24)26-27(17)16-6-4-3-5-15(16)21/h3-10,12H,2,11H2,1H3,(H,25,28). The summed E-state index contributed by atoms with van der Waals surface area (Å²) in [6.07, 6.45) is -3.79. The third-order valence-corrected chi connectivity index (χ3v) is 4.38. The lowest BCUT2D eigenvalue weighted by Gasteiger charge is -2.10. The second kappa shape index (κ2) is 8.06. The molecule has 1 heterocycles. The summed E-state index contributed by atoms with van der Waals surface area (Å²) in [5.74, 6) is -0.232. The minimum absolute atomic E-state index is 0.223. The number of halogens is 4. The van der Waals surface area contributed by atoms with Gasteiger partial charge < -0.3 is 5.32 Å². The van der Waals surface area contributed by atoms with Crippen LogP contribution >= 0.6 is 11.6 Å². The summed E-state index contributed by atoms with van der Waals surface area (Å²) in [7, 11) is 0. The zero-order valence-electron chi connectivity index (χ0n) is 14.9. The first-order valence-electron chi connectivity index (χ1n) is 8.62. The molecule has 0 aliphatic rings. The molecule has 4 nitrogen and oxygen atoms in total. The van der Waals surface area contributed by atoms with Gasteiger partial charge in [-0.25, -0.2) is 4.68 Å². The largest absolute Gasteiger partial charge is 0.435 e. The SMILES string of the molecule is CCCNC(=O)c1ccc(-c2cc(C(F)(F)F)nn2-c2ccccc2Cl)cc1. The number of nitrogens with zero attached hydrogens (tertiary/aromatic N) is 2. The van der Waals surface area contributed by atoms with Gasteiger partial charge in [-0.3, -0.25) is 4.79 Å². The highest BCUT2D eigenvalue weighted by molar-refractivity contribution is 6.32. The monoisotopic (exact) mass is 407 g/mol. The van der Waals surface area contributed by atoms with E-state index in [4.69, 9.17) is 11.6 Å². The normalized spacial score (nSPS) is 11.5. The number of aromatic nitrogens is 2. The molecule has 0 saturated heterocycles. The van der Waals surface area contributed by atoms with Gasteiger partial charge in [0.2, 0.25) is 0 Å². The van der Waals surface area contributed by atoms with Crippen LogP contribution in [0.4, 0.5) is 13.2 Å². The van der Waals surface area contributed by atoms with Gasteiger partial charge in [0, 0.05) is 17.7 Å². The fourth-order valence-corrected chi connectivity index (χ4v) is 2.88. The predicted octanol–water partition coefficient (Wildman–Crippen LogP) is 5.35. The number of benzene rings is 2. The van der Waals surface area contributed by atoms with Gasteiger partial charge in [0.05, 0.1) is 16.4 Å². The first-order valence-corrected chi connectivity index (χ1v) is 9.00. The summed E-state index contributed by atoms with van der Waals surface area (Å²) in [6, 6.07) is 13.8. The van der Waals surface area contributed by atoms with Gasteiger partial charge in [0.25, 0.3) is 5.91 Å². The van der Waals surface area contributed by atoms with Crippen molar-refractivity contribution < 1.29 is 18.0 Å². The fourth-order valence-electron chi connectivity index (χ4n) is 2.67. The van der Waals surface area contributed by atoms with Crippen molar-refractivity contribution in [3.63, 3.8) is 0 Å². The summed E-state index contributed by atoms with van der Waals surface area (Å²) in [4.78, 5) is 12.0. The fraction of sp³-hybridized carbons (Fsp3) is 0.200. The molecule has 1 N–H and O–H groups in total. The van der Waals surface area contributed by atoms with Crippen molar-refractivity contribution in [1.29, 1.82) is 0 Å². The van der Waals surface area contributed by atoms with E-state index in [0.29, 0.717) is 23.4 Å². The van der Waals surface area contributed by atoms with E-state index < -0.39 is 11.9 Å². The second-order valence-electron chi connectivity index (χ2n) is 6.11. The van der Waals surface area contributed by atoms with Crippen molar-refractivity contribution in [2.45, 2.75) is 19.5 Å². The maximum absolute atomic E-state index is 13.2. The lowest BCUT2D eigenvalue weighted by Crippen LogP contribution is -2.23. The van der Waals surface area contributed by atoms with Crippen LogP contribution in [-0.4, -0.2) is 22.2 Å². The average molecular weight is 408 g/mol. The zero-order chi connectivity index (χ0) is 20.3. The van der Waals surface area contributed by atoms with E-state index in [-0.39, 0.29) is 16.6 Å². The number of para-hydroxylation sites is 1. The third kappa shape index (κ3) is 4.20. The van der Waals surface area contributed by atoms with Gasteiger partial charge >= 0.3 is 6.18 Å². The molecule has 0 aliphatic heterocycles. The molecule has 1 aromatic heterocycles. The predicted molar refractivity (Wildman–Crippen MR) is 102 cm³/mol. The van der Waals surface area contributed by atoms with E-state index in [0.717, 1.165) is 17.2 Å². The van der Waals surface area contributed by atoms with Crippen LogP contribution in [0.3, 0.4) is 0 Å². The Labute approximate surface area is 164 Å². The van der Waals surface area contributed by atoms with Crippen LogP contribution in [0, 0.1) is 0 Å². The topological polar surface area (TPSA) is 46.9 Å². The summed E-state index contributed by atoms with van der Waals surface area (Å²) in [5.41, 5.74) is 0.444. The summed E-state index contributed by atoms with van der Waals surface area (Å²) >= 11 is 6.16. The van der Waals surface area contributed by atoms with Crippen LogP contribution in [0.5, 0.6) is 0 Å². The highest BCUT2D eigenvalue weighted by Gasteiger charge is 2.35. The van der Waals surface area contributed by atoms with Crippen LogP contribution in [0.15, 0.2) is 54.6 Å². The number of rotatable bonds is 5. The van der Waals surface area contributed by atoms with Crippen molar-refractivity contribution in [2.75, 3.05) is 6.54 Å². The number of carbonyl (C=O) groups is 1. The van der Waals surface area contributed by atoms with Crippen molar-refractivity contribution in [1.82, 2.24) is 15.1 Å². The zero-order valence-corrected chi connectivity index (χ0v) is 15.7. The van der Waals surface area contributed by atoms with Gasteiger partial charge in [-0.1, -0.05) is 42.8 Å². The van der Waals surface area contributed by atoms with Gasteiger partial charge in [0.1, 0.15) is 0 Å². The summed E-state index contributed by atoms with van der Waals surface area (Å²) < 4.78 is 40.9. The maximum atomic E-state index is 13.2. The molecule has 28 heavy (non-hydrogen) atoms. The van der Waals surface area contributed by atoms with Crippen LogP contribution in [0.1, 0.15) is 29.4 Å². The molecule has 0 bridgehead atoms. The number of nitrogens with one attached hydrogen (secondary N) is 1. The lowest BCUT2D eigenvalue weighted by atomic mass is 10.1. The molecule has 0 fully saturated rings. The van der Waals surface area contributed by atoms with E-state index in [1.165, 1.54) is 0 Å². The molecule has 2 aromatic carbocycles. The van der Waals surface area contributed by atoms with Crippen molar-refractivity contribution in [3.8, 4) is 16.9 Å². The Morgan fingerprint density at radius 1 is 1.14 bits per heavy atom. The molecule has 0 unspecified atom stereocenters. The minimum atomic E-state index is -4.60. The molecule has 0 aliphatic carbocycles. The van der Waals surface area contributed by atoms with Crippen molar-refractivity contribution >= 4 is 17.5 Å². The quantitative estimate of drug-likeness (QED) is 0.619. The van der Waals surface area contributed by atoms with Gasteiger partial charge in [-0.05, 0) is 36.8 Å². The van der Waals surface area contributed by atoms with Crippen LogP contribution in [0.2, 0.25) is 5.02 Å². The number of hydrogen-bond acceptors (Lipinski definition) is 2. The molecular weight excluding hydrogens is 391 g/mol.